The maximum atomic E-state index is 13.5. The van der Waals surface area contributed by atoms with Crippen LogP contribution in [0.5, 0.6) is 11.6 Å². The molecule has 0 bridgehead atoms. The molecule has 11 nitrogen and oxygen atoms in total. The number of nitrogens with zero attached hydrogens (tertiary/aromatic N) is 1. The van der Waals surface area contributed by atoms with Gasteiger partial charge in [-0.1, -0.05) is 89.4 Å². The van der Waals surface area contributed by atoms with Crippen LogP contribution in [0, 0.1) is 0 Å². The number of benzene rings is 3. The second-order valence-corrected chi connectivity index (χ2v) is 10.6. The molecular weight excluding hydrogens is 635 g/mol. The number of rotatable bonds is 11. The molecule has 3 aromatic carbocycles. The number of carboxylic acids is 1. The van der Waals surface area contributed by atoms with Gasteiger partial charge in [-0.15, -0.1) is 0 Å². The Balaban J connectivity index is 1.72. The summed E-state index contributed by atoms with van der Waals surface area (Å²) in [4.78, 5) is 52.2. The lowest BCUT2D eigenvalue weighted by atomic mass is 10.1. The summed E-state index contributed by atoms with van der Waals surface area (Å²) in [6, 6.07) is 19.6. The monoisotopic (exact) mass is 658 g/mol. The van der Waals surface area contributed by atoms with Crippen molar-refractivity contribution >= 4 is 52.6 Å². The van der Waals surface area contributed by atoms with Gasteiger partial charge in [-0.25, -0.2) is 4.79 Å². The Kier molecular flexibility index (Phi) is 10.5. The molecule has 0 aliphatic carbocycles. The summed E-state index contributed by atoms with van der Waals surface area (Å²) >= 11 is 18.5. The molecule has 1 unspecified atom stereocenters. The molecule has 0 spiro atoms. The van der Waals surface area contributed by atoms with Crippen LogP contribution in [0.3, 0.4) is 0 Å². The van der Waals surface area contributed by atoms with Gasteiger partial charge in [-0.3, -0.25) is 24.3 Å². The number of amides is 2. The van der Waals surface area contributed by atoms with E-state index in [0.717, 1.165) is 0 Å². The first kappa shape index (κ1) is 32.4. The second kappa shape index (κ2) is 14.3. The fraction of sp³-hybridized carbons (Fsp3) is 0.133. The molecule has 0 radical (unpaired) electrons. The lowest BCUT2D eigenvalue weighted by Crippen LogP contribution is -2.51. The molecule has 4 aromatic rings. The molecule has 0 aliphatic rings. The Morgan fingerprint density at radius 3 is 1.75 bits per heavy atom. The minimum absolute atomic E-state index is 0.0785. The van der Waals surface area contributed by atoms with Crippen LogP contribution in [-0.2, 0) is 24.4 Å². The van der Waals surface area contributed by atoms with Crippen LogP contribution in [0.1, 0.15) is 37.4 Å². The first-order valence-corrected chi connectivity index (χ1v) is 14.1. The van der Waals surface area contributed by atoms with Crippen molar-refractivity contribution in [3.8, 4) is 11.6 Å². The van der Waals surface area contributed by atoms with E-state index in [9.17, 15) is 34.5 Å². The second-order valence-electron chi connectivity index (χ2n) is 9.40. The average molecular weight is 660 g/mol. The van der Waals surface area contributed by atoms with E-state index in [0.29, 0.717) is 31.3 Å². The fourth-order valence-corrected chi connectivity index (χ4v) is 4.82. The standard InChI is InChI=1S/C30H25Cl3N4O7/c31-19-10-4-1-7-16(19)13-34-25(30(43)44)36-27(40)23-24(38)22(26(39)35-14-17-8-2-5-11-20(17)32)28(41)37(29(23)42)15-18-9-3-6-12-21(18)33/h1-12,25,34,38,41H,13-15H2,(H,35,39)(H,36,40)(H,43,44). The SMILES string of the molecule is O=C(NCc1ccccc1Cl)c1c(O)c(C(=O)NC(NCc2ccccc2Cl)C(=O)O)c(=O)n(Cc2ccccc2Cl)c1O. The largest absolute Gasteiger partial charge is 0.506 e. The average Bonchev–Trinajstić information content (AvgIpc) is 2.98. The first-order chi connectivity index (χ1) is 21.0. The maximum Gasteiger partial charge on any atom is 0.341 e. The van der Waals surface area contributed by atoms with Crippen molar-refractivity contribution < 1.29 is 29.7 Å². The van der Waals surface area contributed by atoms with Crippen molar-refractivity contribution in [3.05, 3.63) is 126 Å². The zero-order valence-electron chi connectivity index (χ0n) is 22.7. The van der Waals surface area contributed by atoms with Gasteiger partial charge in [-0.2, -0.15) is 0 Å². The Hall–Kier alpha value is -4.55. The number of aromatic nitrogens is 1. The van der Waals surface area contributed by atoms with Crippen LogP contribution >= 0.6 is 34.8 Å². The third-order valence-electron chi connectivity index (χ3n) is 6.53. The van der Waals surface area contributed by atoms with Gasteiger partial charge in [0.1, 0.15) is 11.1 Å². The first-order valence-electron chi connectivity index (χ1n) is 12.9. The van der Waals surface area contributed by atoms with E-state index < -0.39 is 58.8 Å². The molecule has 1 atom stereocenters. The van der Waals surface area contributed by atoms with Crippen molar-refractivity contribution in [1.29, 1.82) is 0 Å². The van der Waals surface area contributed by atoms with Gasteiger partial charge in [0.05, 0.1) is 6.54 Å². The minimum atomic E-state index is -1.75. The molecule has 44 heavy (non-hydrogen) atoms. The van der Waals surface area contributed by atoms with E-state index >= 15 is 0 Å². The molecule has 4 rings (SSSR count). The van der Waals surface area contributed by atoms with Crippen LogP contribution in [0.4, 0.5) is 0 Å². The number of hydrogen-bond acceptors (Lipinski definition) is 7. The fourth-order valence-electron chi connectivity index (χ4n) is 4.22. The molecule has 2 amide bonds. The minimum Gasteiger partial charge on any atom is -0.506 e. The summed E-state index contributed by atoms with van der Waals surface area (Å²) in [6.07, 6.45) is -1.75. The quantitative estimate of drug-likeness (QED) is 0.131. The number of nitrogens with one attached hydrogen (secondary N) is 3. The van der Waals surface area contributed by atoms with Gasteiger partial charge in [0, 0.05) is 28.2 Å². The summed E-state index contributed by atoms with van der Waals surface area (Å²) in [6.45, 7) is -0.608. The number of carbonyl (C=O) groups excluding carboxylic acids is 2. The molecule has 6 N–H and O–H groups in total. The zero-order chi connectivity index (χ0) is 32.0. The number of aliphatic carboxylic acids is 1. The Labute approximate surface area is 265 Å². The summed E-state index contributed by atoms with van der Waals surface area (Å²) in [7, 11) is 0. The van der Waals surface area contributed by atoms with E-state index in [1.165, 1.54) is 6.07 Å². The predicted octanol–water partition coefficient (Wildman–Crippen LogP) is 4.13. The van der Waals surface area contributed by atoms with Crippen molar-refractivity contribution in [1.82, 2.24) is 20.5 Å². The highest BCUT2D eigenvalue weighted by molar-refractivity contribution is 6.32. The van der Waals surface area contributed by atoms with Gasteiger partial charge in [0.2, 0.25) is 5.88 Å². The van der Waals surface area contributed by atoms with Crippen molar-refractivity contribution in [2.24, 2.45) is 0 Å². The maximum absolute atomic E-state index is 13.5. The Morgan fingerprint density at radius 2 is 1.23 bits per heavy atom. The summed E-state index contributed by atoms with van der Waals surface area (Å²) in [5.41, 5.74) is -1.61. The van der Waals surface area contributed by atoms with Gasteiger partial charge < -0.3 is 26.0 Å². The van der Waals surface area contributed by atoms with Crippen LogP contribution in [0.25, 0.3) is 0 Å². The van der Waals surface area contributed by atoms with Crippen LogP contribution in [0.15, 0.2) is 77.6 Å². The van der Waals surface area contributed by atoms with Crippen LogP contribution in [0.2, 0.25) is 15.1 Å². The lowest BCUT2D eigenvalue weighted by molar-refractivity contribution is -0.140. The van der Waals surface area contributed by atoms with E-state index in [-0.39, 0.29) is 18.1 Å². The van der Waals surface area contributed by atoms with Crippen molar-refractivity contribution in [2.75, 3.05) is 0 Å². The van der Waals surface area contributed by atoms with Gasteiger partial charge in [-0.05, 0) is 34.9 Å². The number of carboxylic acid groups (broad SMARTS) is 1. The normalized spacial score (nSPS) is 11.5. The third kappa shape index (κ3) is 7.32. The van der Waals surface area contributed by atoms with E-state index in [1.54, 1.807) is 66.7 Å². The van der Waals surface area contributed by atoms with Gasteiger partial charge in [0.15, 0.2) is 11.9 Å². The molecule has 0 aliphatic heterocycles. The number of hydrogen-bond donors (Lipinski definition) is 6. The number of halogens is 3. The number of aromatic hydroxyl groups is 2. The van der Waals surface area contributed by atoms with Crippen molar-refractivity contribution in [3.63, 3.8) is 0 Å². The molecule has 228 valence electrons. The number of pyridine rings is 1. The van der Waals surface area contributed by atoms with E-state index in [4.69, 9.17) is 34.8 Å². The molecule has 0 saturated carbocycles. The molecule has 0 fully saturated rings. The smallest absolute Gasteiger partial charge is 0.341 e. The van der Waals surface area contributed by atoms with Gasteiger partial charge >= 0.3 is 5.97 Å². The molecule has 0 saturated heterocycles. The highest BCUT2D eigenvalue weighted by Gasteiger charge is 2.32. The summed E-state index contributed by atoms with van der Waals surface area (Å²) in [5.74, 6) is -6.01. The summed E-state index contributed by atoms with van der Waals surface area (Å²) < 4.78 is 0.674. The number of carbonyl (C=O) groups is 3. The molecular formula is C30H25Cl3N4O7. The third-order valence-corrected chi connectivity index (χ3v) is 7.63. The highest BCUT2D eigenvalue weighted by Crippen LogP contribution is 2.30. The Bertz CT molecular complexity index is 1800. The predicted molar refractivity (Wildman–Crippen MR) is 164 cm³/mol. The topological polar surface area (TPSA) is 170 Å². The summed E-state index contributed by atoms with van der Waals surface area (Å²) in [5, 5.41) is 40.0. The van der Waals surface area contributed by atoms with Crippen molar-refractivity contribution in [2.45, 2.75) is 25.8 Å². The van der Waals surface area contributed by atoms with Crippen LogP contribution in [-0.4, -0.2) is 43.8 Å². The Morgan fingerprint density at radius 1 is 0.727 bits per heavy atom. The molecule has 14 heteroatoms. The lowest BCUT2D eigenvalue weighted by Gasteiger charge is -2.20. The zero-order valence-corrected chi connectivity index (χ0v) is 25.0. The van der Waals surface area contributed by atoms with Gasteiger partial charge in [0.25, 0.3) is 17.4 Å². The van der Waals surface area contributed by atoms with E-state index in [2.05, 4.69) is 16.0 Å². The highest BCUT2D eigenvalue weighted by atomic mass is 35.5. The van der Waals surface area contributed by atoms with Crippen LogP contribution < -0.4 is 21.5 Å². The molecule has 1 aromatic heterocycles. The van der Waals surface area contributed by atoms with E-state index in [1.807, 2.05) is 0 Å². The molecule has 1 heterocycles.